The van der Waals surface area contributed by atoms with Gasteiger partial charge in [-0.1, -0.05) is 62.7 Å². The van der Waals surface area contributed by atoms with Crippen LogP contribution in [0.25, 0.3) is 22.3 Å². The number of piperidine rings is 1. The number of phenolic OH excluding ortho intramolecular Hbond substituents is 1. The van der Waals surface area contributed by atoms with Crippen LogP contribution < -0.4 is 25.8 Å². The van der Waals surface area contributed by atoms with E-state index in [-0.39, 0.29) is 41.0 Å². The summed E-state index contributed by atoms with van der Waals surface area (Å²) < 4.78 is 29.4. The quantitative estimate of drug-likeness (QED) is 0.0582. The van der Waals surface area contributed by atoms with Gasteiger partial charge in [0.1, 0.15) is 17.3 Å². The van der Waals surface area contributed by atoms with E-state index < -0.39 is 5.79 Å². The number of hydrogen-bond donors (Lipinski definition) is 4. The van der Waals surface area contributed by atoms with Crippen molar-refractivity contribution in [3.63, 3.8) is 0 Å². The number of likely N-dealkylation sites (tertiary alicyclic amines) is 1. The molecular formula is C50H57ClN6O9. The third kappa shape index (κ3) is 11.8. The van der Waals surface area contributed by atoms with Crippen molar-refractivity contribution >= 4 is 35.1 Å². The predicted molar refractivity (Wildman–Crippen MR) is 251 cm³/mol. The maximum atomic E-state index is 13.6. The van der Waals surface area contributed by atoms with Crippen molar-refractivity contribution in [3.05, 3.63) is 119 Å². The van der Waals surface area contributed by atoms with Crippen LogP contribution >= 0.6 is 11.6 Å². The molecule has 16 heteroatoms. The fourth-order valence-electron chi connectivity index (χ4n) is 8.21. The zero-order valence-electron chi connectivity index (χ0n) is 37.5. The lowest BCUT2D eigenvalue weighted by molar-refractivity contribution is -0.148. The van der Waals surface area contributed by atoms with E-state index >= 15 is 0 Å². The average Bonchev–Trinajstić information content (AvgIpc) is 3.68. The van der Waals surface area contributed by atoms with E-state index in [1.165, 1.54) is 0 Å². The van der Waals surface area contributed by atoms with Gasteiger partial charge in [0.05, 0.1) is 45.6 Å². The Labute approximate surface area is 389 Å². The molecule has 3 amide bonds. The van der Waals surface area contributed by atoms with E-state index in [1.54, 1.807) is 60.9 Å². The summed E-state index contributed by atoms with van der Waals surface area (Å²) in [5, 5.41) is 16.1. The number of nitrogens with zero attached hydrogens (tertiary/aromatic N) is 3. The first-order chi connectivity index (χ1) is 31.9. The Bertz CT molecular complexity index is 2440. The Morgan fingerprint density at radius 3 is 2.03 bits per heavy atom. The SMILES string of the molecule is CCc1c(-c2ccc(C(=O)NCCOCCOCCOCCNC(=O)c3ccc4c(c3)OC3(CCN(C(=O)[C@H](c5ccc(Cl)cc5)C(C)C)CC3)O4)nc2)cnc(N)c1-c1ccc(O)cc1. The molecule has 1 spiro atoms. The molecule has 4 heterocycles. The zero-order valence-corrected chi connectivity index (χ0v) is 38.3. The molecule has 5 aromatic rings. The van der Waals surface area contributed by atoms with Gasteiger partial charge in [-0.25, -0.2) is 4.98 Å². The predicted octanol–water partition coefficient (Wildman–Crippen LogP) is 7.05. The highest BCUT2D eigenvalue weighted by molar-refractivity contribution is 6.30. The van der Waals surface area contributed by atoms with Crippen molar-refractivity contribution in [1.29, 1.82) is 0 Å². The molecule has 2 aliphatic heterocycles. The summed E-state index contributed by atoms with van der Waals surface area (Å²) in [4.78, 5) is 50.0. The number of ether oxygens (including phenoxy) is 5. The van der Waals surface area contributed by atoms with E-state index in [0.29, 0.717) is 113 Å². The van der Waals surface area contributed by atoms with Gasteiger partial charge >= 0.3 is 0 Å². The van der Waals surface area contributed by atoms with Crippen LogP contribution in [-0.2, 0) is 25.4 Å². The molecule has 0 unspecified atom stereocenters. The molecule has 0 radical (unpaired) electrons. The monoisotopic (exact) mass is 920 g/mol. The summed E-state index contributed by atoms with van der Waals surface area (Å²) in [5.41, 5.74) is 12.3. The number of rotatable bonds is 20. The van der Waals surface area contributed by atoms with Crippen molar-refractivity contribution in [3.8, 4) is 39.5 Å². The number of anilines is 1. The molecule has 1 fully saturated rings. The molecule has 0 saturated carbocycles. The normalized spacial score (nSPS) is 14.3. The molecular weight excluding hydrogens is 864 g/mol. The van der Waals surface area contributed by atoms with Crippen molar-refractivity contribution < 1.29 is 43.2 Å². The summed E-state index contributed by atoms with van der Waals surface area (Å²) >= 11 is 6.10. The van der Waals surface area contributed by atoms with E-state index in [0.717, 1.165) is 33.4 Å². The maximum Gasteiger partial charge on any atom is 0.269 e. The van der Waals surface area contributed by atoms with Crippen LogP contribution in [0, 0.1) is 5.92 Å². The molecule has 0 aliphatic carbocycles. The number of aromatic nitrogens is 2. The first-order valence-electron chi connectivity index (χ1n) is 22.3. The molecule has 2 aliphatic rings. The highest BCUT2D eigenvalue weighted by Gasteiger charge is 2.46. The van der Waals surface area contributed by atoms with Gasteiger partial charge < -0.3 is 50.1 Å². The van der Waals surface area contributed by atoms with Gasteiger partial charge in [0.15, 0.2) is 11.5 Å². The molecule has 1 saturated heterocycles. The van der Waals surface area contributed by atoms with Gasteiger partial charge in [-0.2, -0.15) is 0 Å². The van der Waals surface area contributed by atoms with Crippen LogP contribution in [0.2, 0.25) is 5.02 Å². The Hall–Kier alpha value is -6.26. The Morgan fingerprint density at radius 1 is 0.788 bits per heavy atom. The minimum absolute atomic E-state index is 0.0806. The molecule has 3 aromatic carbocycles. The first-order valence-corrected chi connectivity index (χ1v) is 22.7. The Kier molecular flexibility index (Phi) is 16.1. The number of carbonyl (C=O) groups excluding carboxylic acids is 3. The van der Waals surface area contributed by atoms with Gasteiger partial charge in [-0.3, -0.25) is 19.4 Å². The van der Waals surface area contributed by atoms with Crippen LogP contribution in [0.1, 0.15) is 71.5 Å². The van der Waals surface area contributed by atoms with Crippen molar-refractivity contribution in [2.24, 2.45) is 5.92 Å². The topological polar surface area (TPSA) is 197 Å². The summed E-state index contributed by atoms with van der Waals surface area (Å²) in [6.45, 7) is 9.76. The second-order valence-electron chi connectivity index (χ2n) is 16.5. The highest BCUT2D eigenvalue weighted by Crippen LogP contribution is 2.45. The summed E-state index contributed by atoms with van der Waals surface area (Å²) in [7, 11) is 0. The maximum absolute atomic E-state index is 13.6. The van der Waals surface area contributed by atoms with Crippen LogP contribution in [0.3, 0.4) is 0 Å². The van der Waals surface area contributed by atoms with E-state index in [1.807, 2.05) is 42.2 Å². The highest BCUT2D eigenvalue weighted by atomic mass is 35.5. The summed E-state index contributed by atoms with van der Waals surface area (Å²) in [5.74, 6) is 0.123. The summed E-state index contributed by atoms with van der Waals surface area (Å²) in [6, 6.07) is 23.0. The fraction of sp³-hybridized carbons (Fsp3) is 0.380. The lowest BCUT2D eigenvalue weighted by atomic mass is 9.86. The molecule has 348 valence electrons. The van der Waals surface area contributed by atoms with Crippen molar-refractivity contribution in [2.75, 3.05) is 71.6 Å². The molecule has 1 atom stereocenters. The lowest BCUT2D eigenvalue weighted by Gasteiger charge is -2.39. The second-order valence-corrected chi connectivity index (χ2v) is 16.9. The van der Waals surface area contributed by atoms with E-state index in [2.05, 4.69) is 34.4 Å². The number of halogens is 1. The zero-order chi connectivity index (χ0) is 46.6. The number of benzene rings is 3. The number of nitrogens with one attached hydrogen (secondary N) is 2. The number of aromatic hydroxyl groups is 1. The molecule has 5 N–H and O–H groups in total. The number of amides is 3. The second kappa shape index (κ2) is 22.3. The lowest BCUT2D eigenvalue weighted by Crippen LogP contribution is -2.52. The average molecular weight is 921 g/mol. The van der Waals surface area contributed by atoms with Crippen LogP contribution in [0.5, 0.6) is 17.2 Å². The number of phenols is 1. The largest absolute Gasteiger partial charge is 0.508 e. The van der Waals surface area contributed by atoms with E-state index in [4.69, 9.17) is 41.0 Å². The van der Waals surface area contributed by atoms with Gasteiger partial charge in [-0.15, -0.1) is 0 Å². The van der Waals surface area contributed by atoms with Crippen LogP contribution in [0.15, 0.2) is 91.3 Å². The van der Waals surface area contributed by atoms with Gasteiger partial charge in [0, 0.05) is 78.7 Å². The molecule has 66 heavy (non-hydrogen) atoms. The number of fused-ring (bicyclic) bond motifs is 1. The third-order valence-electron chi connectivity index (χ3n) is 11.6. The number of hydrogen-bond acceptors (Lipinski definition) is 12. The number of nitrogens with two attached hydrogens (primary N) is 1. The molecule has 0 bridgehead atoms. The van der Waals surface area contributed by atoms with Crippen molar-refractivity contribution in [1.82, 2.24) is 25.5 Å². The molecule has 7 rings (SSSR count). The van der Waals surface area contributed by atoms with Gasteiger partial charge in [-0.05, 0) is 77.6 Å². The van der Waals surface area contributed by atoms with Crippen LogP contribution in [0.4, 0.5) is 5.82 Å². The Balaban J connectivity index is 0.731. The minimum Gasteiger partial charge on any atom is -0.508 e. The standard InChI is InChI=1S/C50H57ClN6O9/c1-4-39-40(31-56-46(52)45(39)34-7-13-38(58)14-8-34)36-9-15-41(55-30-36)48(60)54-20-24-63-26-28-64-27-25-62-23-19-53-47(59)35-10-16-42-43(29-35)66-50(65-42)17-21-57(22-18-50)49(61)44(32(2)3)33-5-11-37(51)12-6-33/h5-16,29-32,44,58H,4,17-28H2,1-3H3,(H2,52,56)(H,53,59)(H,54,60)/t44-/m0/s1. The number of nitrogen functional groups attached to an aromatic ring is 1. The summed E-state index contributed by atoms with van der Waals surface area (Å²) in [6.07, 6.45) is 5.06. The smallest absolute Gasteiger partial charge is 0.269 e. The van der Waals surface area contributed by atoms with Crippen molar-refractivity contribution in [2.45, 2.75) is 51.7 Å². The van der Waals surface area contributed by atoms with Crippen LogP contribution in [-0.4, -0.2) is 109 Å². The molecule has 15 nitrogen and oxygen atoms in total. The van der Waals surface area contributed by atoms with E-state index in [9.17, 15) is 19.5 Å². The first kappa shape index (κ1) is 47.7. The fourth-order valence-corrected chi connectivity index (χ4v) is 8.34. The number of carbonyl (C=O) groups is 3. The molecule has 2 aromatic heterocycles. The Morgan fingerprint density at radius 2 is 1.41 bits per heavy atom. The minimum atomic E-state index is -0.878. The van der Waals surface area contributed by atoms with Gasteiger partial charge in [0.25, 0.3) is 17.6 Å². The van der Waals surface area contributed by atoms with Gasteiger partial charge in [0.2, 0.25) is 5.91 Å². The number of pyridine rings is 2. The third-order valence-corrected chi connectivity index (χ3v) is 11.9.